The zero-order valence-corrected chi connectivity index (χ0v) is 15.2. The molecular formula is C19H20O8. The van der Waals surface area contributed by atoms with Crippen LogP contribution in [0.5, 0.6) is 23.0 Å². The summed E-state index contributed by atoms with van der Waals surface area (Å²) in [6.45, 7) is 2.35. The highest BCUT2D eigenvalue weighted by atomic mass is 16.6. The summed E-state index contributed by atoms with van der Waals surface area (Å²) < 4.78 is 26.9. The molecule has 8 nitrogen and oxygen atoms in total. The van der Waals surface area contributed by atoms with E-state index >= 15 is 0 Å². The first-order chi connectivity index (χ1) is 12.9. The number of carbonyl (C=O) groups is 1. The standard InChI is InChI=1S/C19H20O8/c1-10-6-13(20)17(22)18(27-10)12(9-16(21)24-3)11-7-14(23-2)19-15(8-11)25-4-5-26-19/h6-8,12,22H,4-5,9H2,1-3H3/t12-/m1/s1. The summed E-state index contributed by atoms with van der Waals surface area (Å²) >= 11 is 0. The average Bonchev–Trinajstić information content (AvgIpc) is 2.67. The van der Waals surface area contributed by atoms with Crippen LogP contribution in [0.25, 0.3) is 0 Å². The third-order valence-corrected chi connectivity index (χ3v) is 4.24. The van der Waals surface area contributed by atoms with Crippen molar-refractivity contribution < 1.29 is 33.3 Å². The van der Waals surface area contributed by atoms with Gasteiger partial charge in [0.25, 0.3) is 0 Å². The van der Waals surface area contributed by atoms with Gasteiger partial charge in [-0.25, -0.2) is 0 Å². The lowest BCUT2D eigenvalue weighted by Crippen LogP contribution is -2.18. The number of fused-ring (bicyclic) bond motifs is 1. The lowest BCUT2D eigenvalue weighted by atomic mass is 9.91. The van der Waals surface area contributed by atoms with Crippen LogP contribution >= 0.6 is 0 Å². The smallest absolute Gasteiger partial charge is 0.306 e. The largest absolute Gasteiger partial charge is 0.502 e. The lowest BCUT2D eigenvalue weighted by molar-refractivity contribution is -0.140. The van der Waals surface area contributed by atoms with Gasteiger partial charge in [-0.15, -0.1) is 0 Å². The maximum Gasteiger partial charge on any atom is 0.306 e. The molecule has 8 heteroatoms. The Morgan fingerprint density at radius 2 is 1.96 bits per heavy atom. The third-order valence-electron chi connectivity index (χ3n) is 4.24. The quantitative estimate of drug-likeness (QED) is 0.792. The number of rotatable bonds is 5. The molecular weight excluding hydrogens is 356 g/mol. The van der Waals surface area contributed by atoms with Gasteiger partial charge in [-0.3, -0.25) is 9.59 Å². The Bertz CT molecular complexity index is 897. The van der Waals surface area contributed by atoms with Crippen LogP contribution in [0.2, 0.25) is 0 Å². The van der Waals surface area contributed by atoms with E-state index in [1.807, 2.05) is 0 Å². The molecule has 0 aliphatic carbocycles. The van der Waals surface area contributed by atoms with E-state index < -0.39 is 23.1 Å². The molecule has 0 fully saturated rings. The molecule has 0 spiro atoms. The second kappa shape index (κ2) is 7.61. The van der Waals surface area contributed by atoms with Gasteiger partial charge in [0.2, 0.25) is 16.9 Å². The monoisotopic (exact) mass is 376 g/mol. The van der Waals surface area contributed by atoms with Gasteiger partial charge in [-0.1, -0.05) is 0 Å². The number of aromatic hydroxyl groups is 1. The number of benzene rings is 1. The van der Waals surface area contributed by atoms with Crippen LogP contribution in [0.1, 0.15) is 29.4 Å². The van der Waals surface area contributed by atoms with Crippen LogP contribution in [0.4, 0.5) is 0 Å². The fraction of sp³-hybridized carbons (Fsp3) is 0.368. The average molecular weight is 376 g/mol. The maximum atomic E-state index is 12.0. The predicted molar refractivity (Wildman–Crippen MR) is 93.8 cm³/mol. The van der Waals surface area contributed by atoms with Crippen molar-refractivity contribution in [1.29, 1.82) is 0 Å². The Morgan fingerprint density at radius 3 is 2.67 bits per heavy atom. The minimum absolute atomic E-state index is 0.0240. The molecule has 0 unspecified atom stereocenters. The molecule has 1 aliphatic heterocycles. The molecule has 2 aromatic rings. The Labute approximate surface area is 155 Å². The summed E-state index contributed by atoms with van der Waals surface area (Å²) in [6, 6.07) is 4.51. The SMILES string of the molecule is COC(=O)C[C@H](c1cc(OC)c2c(c1)OCCO2)c1oc(C)cc(=O)c1O. The number of esters is 1. The van der Waals surface area contributed by atoms with E-state index in [1.54, 1.807) is 19.1 Å². The van der Waals surface area contributed by atoms with E-state index in [0.717, 1.165) is 0 Å². The first-order valence-corrected chi connectivity index (χ1v) is 8.32. The molecule has 1 N–H and O–H groups in total. The van der Waals surface area contributed by atoms with Crippen LogP contribution in [0.15, 0.2) is 27.4 Å². The van der Waals surface area contributed by atoms with Gasteiger partial charge in [0, 0.05) is 6.07 Å². The van der Waals surface area contributed by atoms with Gasteiger partial charge in [0.05, 0.1) is 26.6 Å². The first kappa shape index (κ1) is 18.6. The van der Waals surface area contributed by atoms with Gasteiger partial charge in [0.15, 0.2) is 17.3 Å². The van der Waals surface area contributed by atoms with E-state index in [2.05, 4.69) is 0 Å². The van der Waals surface area contributed by atoms with E-state index in [9.17, 15) is 14.7 Å². The summed E-state index contributed by atoms with van der Waals surface area (Å²) in [4.78, 5) is 24.0. The normalized spacial score (nSPS) is 13.7. The molecule has 0 saturated heterocycles. The predicted octanol–water partition coefficient (Wildman–Crippen LogP) is 2.13. The summed E-state index contributed by atoms with van der Waals surface area (Å²) in [5.74, 6) is -0.266. The summed E-state index contributed by atoms with van der Waals surface area (Å²) in [5, 5.41) is 10.3. The minimum Gasteiger partial charge on any atom is -0.502 e. The second-order valence-corrected chi connectivity index (χ2v) is 6.01. The number of carbonyl (C=O) groups excluding carboxylic acids is 1. The first-order valence-electron chi connectivity index (χ1n) is 8.32. The summed E-state index contributed by atoms with van der Waals surface area (Å²) in [7, 11) is 2.74. The summed E-state index contributed by atoms with van der Waals surface area (Å²) in [5.41, 5.74) is -0.0429. The number of hydrogen-bond donors (Lipinski definition) is 1. The Kier molecular flexibility index (Phi) is 5.25. The lowest BCUT2D eigenvalue weighted by Gasteiger charge is -2.24. The molecule has 0 bridgehead atoms. The van der Waals surface area contributed by atoms with Crippen molar-refractivity contribution in [2.45, 2.75) is 19.3 Å². The number of ether oxygens (including phenoxy) is 4. The van der Waals surface area contributed by atoms with Crippen LogP contribution in [0, 0.1) is 6.92 Å². The molecule has 2 heterocycles. The highest BCUT2D eigenvalue weighted by Crippen LogP contribution is 2.44. The van der Waals surface area contributed by atoms with Crippen molar-refractivity contribution in [3.05, 3.63) is 45.5 Å². The maximum absolute atomic E-state index is 12.0. The van der Waals surface area contributed by atoms with Crippen LogP contribution < -0.4 is 19.6 Å². The molecule has 27 heavy (non-hydrogen) atoms. The van der Waals surface area contributed by atoms with E-state index in [4.69, 9.17) is 23.4 Å². The molecule has 0 saturated carbocycles. The molecule has 3 rings (SSSR count). The fourth-order valence-corrected chi connectivity index (χ4v) is 2.97. The van der Waals surface area contributed by atoms with Crippen molar-refractivity contribution in [3.63, 3.8) is 0 Å². The van der Waals surface area contributed by atoms with E-state index in [-0.39, 0.29) is 12.2 Å². The minimum atomic E-state index is -0.783. The van der Waals surface area contributed by atoms with Crippen molar-refractivity contribution in [2.75, 3.05) is 27.4 Å². The van der Waals surface area contributed by atoms with Crippen LogP contribution in [0.3, 0.4) is 0 Å². The third kappa shape index (κ3) is 3.69. The van der Waals surface area contributed by atoms with Gasteiger partial charge in [-0.2, -0.15) is 0 Å². The molecule has 144 valence electrons. The zero-order valence-electron chi connectivity index (χ0n) is 15.2. The van der Waals surface area contributed by atoms with Gasteiger partial charge < -0.3 is 28.5 Å². The van der Waals surface area contributed by atoms with Crippen molar-refractivity contribution in [2.24, 2.45) is 0 Å². The number of hydrogen-bond acceptors (Lipinski definition) is 8. The topological polar surface area (TPSA) is 104 Å². The van der Waals surface area contributed by atoms with Crippen molar-refractivity contribution in [1.82, 2.24) is 0 Å². The summed E-state index contributed by atoms with van der Waals surface area (Å²) in [6.07, 6.45) is -0.154. The Hall–Kier alpha value is -3.16. The molecule has 0 amide bonds. The van der Waals surface area contributed by atoms with Gasteiger partial charge in [0.1, 0.15) is 19.0 Å². The number of aryl methyl sites for hydroxylation is 1. The fourth-order valence-electron chi connectivity index (χ4n) is 2.97. The Balaban J connectivity index is 2.17. The van der Waals surface area contributed by atoms with E-state index in [1.165, 1.54) is 20.3 Å². The van der Waals surface area contributed by atoms with E-state index in [0.29, 0.717) is 41.8 Å². The van der Waals surface area contributed by atoms with Crippen molar-refractivity contribution in [3.8, 4) is 23.0 Å². The van der Waals surface area contributed by atoms with Crippen LogP contribution in [-0.2, 0) is 9.53 Å². The number of methoxy groups -OCH3 is 2. The Morgan fingerprint density at radius 1 is 1.22 bits per heavy atom. The zero-order chi connectivity index (χ0) is 19.6. The molecule has 1 aliphatic rings. The molecule has 1 aromatic heterocycles. The van der Waals surface area contributed by atoms with Crippen molar-refractivity contribution >= 4 is 5.97 Å². The molecule has 0 radical (unpaired) electrons. The highest BCUT2D eigenvalue weighted by molar-refractivity contribution is 5.71. The molecule has 1 aromatic carbocycles. The van der Waals surface area contributed by atoms with Crippen LogP contribution in [-0.4, -0.2) is 38.5 Å². The van der Waals surface area contributed by atoms with Gasteiger partial charge in [-0.05, 0) is 24.6 Å². The highest BCUT2D eigenvalue weighted by Gasteiger charge is 2.29. The molecule has 1 atom stereocenters. The van der Waals surface area contributed by atoms with Gasteiger partial charge >= 0.3 is 5.97 Å². The second-order valence-electron chi connectivity index (χ2n) is 6.01.